The van der Waals surface area contributed by atoms with Crippen LogP contribution in [0.2, 0.25) is 0 Å². The summed E-state index contributed by atoms with van der Waals surface area (Å²) in [6.07, 6.45) is 0.640. The fourth-order valence-electron chi connectivity index (χ4n) is 1.40. The van der Waals surface area contributed by atoms with Crippen LogP contribution in [0.1, 0.15) is 16.1 Å². The lowest BCUT2D eigenvalue weighted by molar-refractivity contribution is 0.111. The zero-order valence-electron chi connectivity index (χ0n) is 7.62. The van der Waals surface area contributed by atoms with E-state index in [2.05, 4.69) is 4.98 Å². The minimum Gasteiger partial charge on any atom is -0.296 e. The second-order valence-corrected chi connectivity index (χ2v) is 3.12. The van der Waals surface area contributed by atoms with E-state index in [-0.39, 0.29) is 5.52 Å². The Morgan fingerprint density at radius 2 is 2.21 bits per heavy atom. The van der Waals surface area contributed by atoms with Gasteiger partial charge < -0.3 is 0 Å². The molecular weight excluding hydrogens is 181 g/mol. The first kappa shape index (κ1) is 8.81. The first-order chi connectivity index (χ1) is 6.72. The van der Waals surface area contributed by atoms with E-state index < -0.39 is 5.82 Å². The molecule has 0 bridgehead atoms. The van der Waals surface area contributed by atoms with Crippen LogP contribution in [0.3, 0.4) is 0 Å². The van der Waals surface area contributed by atoms with Crippen molar-refractivity contribution in [1.29, 1.82) is 0 Å². The van der Waals surface area contributed by atoms with Crippen LogP contribution in [0.4, 0.5) is 4.39 Å². The van der Waals surface area contributed by atoms with E-state index in [4.69, 9.17) is 0 Å². The number of halogens is 1. The lowest BCUT2D eigenvalue weighted by atomic mass is 10.1. The molecular formula is C11H8FNO. The van der Waals surface area contributed by atoms with E-state index in [9.17, 15) is 9.18 Å². The maximum absolute atomic E-state index is 13.3. The number of aldehydes is 1. The molecule has 0 unspecified atom stereocenters. The SMILES string of the molecule is Cc1cc2cccc(F)c2nc1C=O. The van der Waals surface area contributed by atoms with Crippen molar-refractivity contribution in [3.05, 3.63) is 41.3 Å². The van der Waals surface area contributed by atoms with E-state index in [0.29, 0.717) is 17.4 Å². The zero-order valence-corrected chi connectivity index (χ0v) is 7.62. The molecule has 1 heterocycles. The maximum atomic E-state index is 13.3. The number of rotatable bonds is 1. The smallest absolute Gasteiger partial charge is 0.168 e. The molecule has 0 aliphatic rings. The van der Waals surface area contributed by atoms with Gasteiger partial charge in [0.15, 0.2) is 6.29 Å². The quantitative estimate of drug-likeness (QED) is 0.645. The van der Waals surface area contributed by atoms with Crippen molar-refractivity contribution in [2.24, 2.45) is 0 Å². The highest BCUT2D eigenvalue weighted by Crippen LogP contribution is 2.17. The van der Waals surface area contributed by atoms with Crippen LogP contribution in [0.25, 0.3) is 10.9 Å². The number of fused-ring (bicyclic) bond motifs is 1. The first-order valence-corrected chi connectivity index (χ1v) is 4.23. The molecule has 0 N–H and O–H groups in total. The van der Waals surface area contributed by atoms with Crippen LogP contribution >= 0.6 is 0 Å². The molecule has 2 nitrogen and oxygen atoms in total. The van der Waals surface area contributed by atoms with Crippen molar-refractivity contribution in [2.75, 3.05) is 0 Å². The largest absolute Gasteiger partial charge is 0.296 e. The van der Waals surface area contributed by atoms with Crippen molar-refractivity contribution >= 4 is 17.2 Å². The topological polar surface area (TPSA) is 30.0 Å². The molecule has 0 saturated carbocycles. The number of carbonyl (C=O) groups is 1. The third kappa shape index (κ3) is 1.27. The Bertz CT molecular complexity index is 508. The molecule has 0 fully saturated rings. The number of carbonyl (C=O) groups excluding carboxylic acids is 1. The zero-order chi connectivity index (χ0) is 10.1. The summed E-state index contributed by atoms with van der Waals surface area (Å²) < 4.78 is 13.3. The summed E-state index contributed by atoms with van der Waals surface area (Å²) in [4.78, 5) is 14.5. The number of benzene rings is 1. The Kier molecular flexibility index (Phi) is 2.00. The highest BCUT2D eigenvalue weighted by atomic mass is 19.1. The van der Waals surface area contributed by atoms with Gasteiger partial charge in [0, 0.05) is 5.39 Å². The van der Waals surface area contributed by atoms with E-state index in [0.717, 1.165) is 5.56 Å². The standard InChI is InChI=1S/C11H8FNO/c1-7-5-8-3-2-4-9(12)11(8)13-10(7)6-14/h2-6H,1H3. The summed E-state index contributed by atoms with van der Waals surface area (Å²) in [5.74, 6) is -0.398. The number of hydrogen-bond acceptors (Lipinski definition) is 2. The summed E-state index contributed by atoms with van der Waals surface area (Å²) in [6, 6.07) is 6.49. The average molecular weight is 189 g/mol. The van der Waals surface area contributed by atoms with E-state index in [1.54, 1.807) is 25.1 Å². The van der Waals surface area contributed by atoms with Crippen molar-refractivity contribution in [1.82, 2.24) is 4.98 Å². The molecule has 0 radical (unpaired) electrons. The normalized spacial score (nSPS) is 10.4. The molecule has 0 saturated heterocycles. The Morgan fingerprint density at radius 3 is 2.93 bits per heavy atom. The van der Waals surface area contributed by atoms with Crippen LogP contribution in [0.15, 0.2) is 24.3 Å². The summed E-state index contributed by atoms with van der Waals surface area (Å²) in [5.41, 5.74) is 1.31. The van der Waals surface area contributed by atoms with Crippen molar-refractivity contribution in [3.63, 3.8) is 0 Å². The van der Waals surface area contributed by atoms with Crippen LogP contribution in [-0.4, -0.2) is 11.3 Å². The third-order valence-electron chi connectivity index (χ3n) is 2.14. The first-order valence-electron chi connectivity index (χ1n) is 4.23. The molecule has 0 atom stereocenters. The third-order valence-corrected chi connectivity index (χ3v) is 2.14. The Labute approximate surface area is 80.4 Å². The van der Waals surface area contributed by atoms with Gasteiger partial charge in [-0.3, -0.25) is 4.79 Å². The van der Waals surface area contributed by atoms with Crippen LogP contribution in [0.5, 0.6) is 0 Å². The summed E-state index contributed by atoms with van der Waals surface area (Å²) in [6.45, 7) is 1.78. The van der Waals surface area contributed by atoms with Crippen molar-refractivity contribution < 1.29 is 9.18 Å². The summed E-state index contributed by atoms with van der Waals surface area (Å²) >= 11 is 0. The molecule has 0 aliphatic heterocycles. The van der Waals surface area contributed by atoms with Gasteiger partial charge in [0.25, 0.3) is 0 Å². The van der Waals surface area contributed by atoms with Gasteiger partial charge in [-0.15, -0.1) is 0 Å². The number of aromatic nitrogens is 1. The fourth-order valence-corrected chi connectivity index (χ4v) is 1.40. The number of para-hydroxylation sites is 1. The second-order valence-electron chi connectivity index (χ2n) is 3.12. The van der Waals surface area contributed by atoms with Gasteiger partial charge >= 0.3 is 0 Å². The maximum Gasteiger partial charge on any atom is 0.168 e. The highest BCUT2D eigenvalue weighted by molar-refractivity contribution is 5.85. The van der Waals surface area contributed by atoms with E-state index in [1.807, 2.05) is 0 Å². The minimum absolute atomic E-state index is 0.250. The van der Waals surface area contributed by atoms with Gasteiger partial charge in [-0.25, -0.2) is 9.37 Å². The van der Waals surface area contributed by atoms with Crippen molar-refractivity contribution in [3.8, 4) is 0 Å². The van der Waals surface area contributed by atoms with Gasteiger partial charge in [0.05, 0.1) is 0 Å². The Hall–Kier alpha value is -1.77. The summed E-state index contributed by atoms with van der Waals surface area (Å²) in [5, 5.41) is 0.716. The molecule has 2 rings (SSSR count). The van der Waals surface area contributed by atoms with Crippen molar-refractivity contribution in [2.45, 2.75) is 6.92 Å². The molecule has 2 aromatic rings. The monoisotopic (exact) mass is 189 g/mol. The van der Waals surface area contributed by atoms with Gasteiger partial charge in [0.2, 0.25) is 0 Å². The summed E-state index contributed by atoms with van der Waals surface area (Å²) in [7, 11) is 0. The van der Waals surface area contributed by atoms with Crippen LogP contribution in [0, 0.1) is 12.7 Å². The average Bonchev–Trinajstić information content (AvgIpc) is 2.17. The number of hydrogen-bond donors (Lipinski definition) is 0. The second kappa shape index (κ2) is 3.18. The van der Waals surface area contributed by atoms with Gasteiger partial charge in [-0.05, 0) is 24.6 Å². The van der Waals surface area contributed by atoms with Crippen LogP contribution < -0.4 is 0 Å². The highest BCUT2D eigenvalue weighted by Gasteiger charge is 2.05. The van der Waals surface area contributed by atoms with E-state index >= 15 is 0 Å². The van der Waals surface area contributed by atoms with Gasteiger partial charge in [-0.1, -0.05) is 12.1 Å². The van der Waals surface area contributed by atoms with Gasteiger partial charge in [-0.2, -0.15) is 0 Å². The van der Waals surface area contributed by atoms with Gasteiger partial charge in [0.1, 0.15) is 17.0 Å². The number of pyridine rings is 1. The van der Waals surface area contributed by atoms with E-state index in [1.165, 1.54) is 6.07 Å². The molecule has 3 heteroatoms. The Morgan fingerprint density at radius 1 is 1.43 bits per heavy atom. The molecule has 14 heavy (non-hydrogen) atoms. The number of aryl methyl sites for hydroxylation is 1. The predicted octanol–water partition coefficient (Wildman–Crippen LogP) is 2.49. The predicted molar refractivity (Wildman–Crippen MR) is 51.8 cm³/mol. The molecule has 70 valence electrons. The molecule has 1 aromatic heterocycles. The molecule has 1 aromatic carbocycles. The van der Waals surface area contributed by atoms with Crippen LogP contribution in [-0.2, 0) is 0 Å². The Balaban J connectivity index is 2.86. The number of nitrogens with zero attached hydrogens (tertiary/aromatic N) is 1. The molecule has 0 aliphatic carbocycles. The lowest BCUT2D eigenvalue weighted by Gasteiger charge is -2.02. The lowest BCUT2D eigenvalue weighted by Crippen LogP contribution is -1.94. The molecule has 0 spiro atoms. The molecule has 0 amide bonds. The minimum atomic E-state index is -0.398. The fraction of sp³-hybridized carbons (Fsp3) is 0.0909.